The van der Waals surface area contributed by atoms with Crippen molar-refractivity contribution in [3.63, 3.8) is 0 Å². The van der Waals surface area contributed by atoms with Crippen LogP contribution in [-0.2, 0) is 6.54 Å². The third-order valence-electron chi connectivity index (χ3n) is 2.91. The second kappa shape index (κ2) is 6.87. The van der Waals surface area contributed by atoms with Crippen LogP contribution in [-0.4, -0.2) is 49.7 Å². The largest absolute Gasteiger partial charge is 0.358 e. The van der Waals surface area contributed by atoms with Crippen molar-refractivity contribution in [2.24, 2.45) is 0 Å². The monoisotopic (exact) mass is 264 g/mol. The highest BCUT2D eigenvalue weighted by Crippen LogP contribution is 2.10. The van der Waals surface area contributed by atoms with Crippen molar-refractivity contribution < 1.29 is 0 Å². The van der Waals surface area contributed by atoms with E-state index in [-0.39, 0.29) is 5.54 Å². The van der Waals surface area contributed by atoms with Crippen LogP contribution in [0.25, 0.3) is 0 Å². The summed E-state index contributed by atoms with van der Waals surface area (Å²) in [6.07, 6.45) is 1.96. The van der Waals surface area contributed by atoms with E-state index in [9.17, 15) is 0 Å². The van der Waals surface area contributed by atoms with Gasteiger partial charge in [-0.05, 0) is 46.5 Å². The first-order chi connectivity index (χ1) is 8.78. The first kappa shape index (κ1) is 15.9. The Morgan fingerprint density at radius 2 is 1.79 bits per heavy atom. The number of hydrogen-bond acceptors (Lipinski definition) is 4. The fraction of sp³-hybridized carbons (Fsp3) is 0.667. The number of pyridine rings is 1. The average Bonchev–Trinajstić information content (AvgIpc) is 2.33. The molecule has 0 aromatic carbocycles. The highest BCUT2D eigenvalue weighted by molar-refractivity contribution is 5.38. The standard InChI is InChI=1S/C15H28N4/c1-15(2,3)17-12-13-7-8-14(16-11-13)19(6)10-9-18(4)5/h7-8,11,17H,9-10,12H2,1-6H3. The maximum Gasteiger partial charge on any atom is 0.128 e. The molecule has 4 nitrogen and oxygen atoms in total. The molecular formula is C15H28N4. The molecule has 0 aliphatic carbocycles. The first-order valence-electron chi connectivity index (χ1n) is 6.84. The molecule has 1 N–H and O–H groups in total. The topological polar surface area (TPSA) is 31.4 Å². The average molecular weight is 264 g/mol. The molecule has 1 heterocycles. The van der Waals surface area contributed by atoms with Gasteiger partial charge in [0.2, 0.25) is 0 Å². The van der Waals surface area contributed by atoms with E-state index in [1.807, 2.05) is 6.20 Å². The summed E-state index contributed by atoms with van der Waals surface area (Å²) >= 11 is 0. The van der Waals surface area contributed by atoms with Crippen LogP contribution >= 0.6 is 0 Å². The minimum absolute atomic E-state index is 0.140. The summed E-state index contributed by atoms with van der Waals surface area (Å²) in [5.74, 6) is 1.03. The Hall–Kier alpha value is -1.13. The van der Waals surface area contributed by atoms with Crippen LogP contribution in [0.1, 0.15) is 26.3 Å². The summed E-state index contributed by atoms with van der Waals surface area (Å²) in [6, 6.07) is 4.24. The lowest BCUT2D eigenvalue weighted by atomic mass is 10.1. The molecule has 19 heavy (non-hydrogen) atoms. The van der Waals surface area contributed by atoms with Gasteiger partial charge in [-0.25, -0.2) is 4.98 Å². The van der Waals surface area contributed by atoms with Gasteiger partial charge in [-0.2, -0.15) is 0 Å². The van der Waals surface area contributed by atoms with E-state index in [1.165, 1.54) is 5.56 Å². The predicted octanol–water partition coefficient (Wildman–Crippen LogP) is 1.97. The van der Waals surface area contributed by atoms with Gasteiger partial charge in [0.15, 0.2) is 0 Å². The summed E-state index contributed by atoms with van der Waals surface area (Å²) in [5.41, 5.74) is 1.36. The molecule has 108 valence electrons. The number of likely N-dealkylation sites (N-methyl/N-ethyl adjacent to an activating group) is 2. The molecule has 0 saturated heterocycles. The van der Waals surface area contributed by atoms with Gasteiger partial charge in [-0.15, -0.1) is 0 Å². The van der Waals surface area contributed by atoms with E-state index in [2.05, 4.69) is 74.1 Å². The summed E-state index contributed by atoms with van der Waals surface area (Å²) in [5, 5.41) is 3.47. The minimum atomic E-state index is 0.140. The van der Waals surface area contributed by atoms with Gasteiger partial charge >= 0.3 is 0 Å². The van der Waals surface area contributed by atoms with Gasteiger partial charge in [0.1, 0.15) is 5.82 Å². The summed E-state index contributed by atoms with van der Waals surface area (Å²) in [7, 11) is 6.25. The van der Waals surface area contributed by atoms with E-state index in [0.717, 1.165) is 25.5 Å². The molecule has 0 spiro atoms. The van der Waals surface area contributed by atoms with Crippen LogP contribution in [0.2, 0.25) is 0 Å². The minimum Gasteiger partial charge on any atom is -0.358 e. The molecule has 1 rings (SSSR count). The Bertz CT molecular complexity index is 365. The quantitative estimate of drug-likeness (QED) is 0.851. The third-order valence-corrected chi connectivity index (χ3v) is 2.91. The molecular weight excluding hydrogens is 236 g/mol. The van der Waals surface area contributed by atoms with Crippen LogP contribution in [0, 0.1) is 0 Å². The van der Waals surface area contributed by atoms with Crippen molar-refractivity contribution in [1.29, 1.82) is 0 Å². The molecule has 1 aromatic heterocycles. The molecule has 0 radical (unpaired) electrons. The molecule has 0 fully saturated rings. The second-order valence-corrected chi connectivity index (χ2v) is 6.35. The van der Waals surface area contributed by atoms with E-state index in [4.69, 9.17) is 0 Å². The normalized spacial score (nSPS) is 11.9. The molecule has 0 saturated carbocycles. The maximum atomic E-state index is 4.52. The van der Waals surface area contributed by atoms with Gasteiger partial charge in [-0.3, -0.25) is 0 Å². The molecule has 0 bridgehead atoms. The van der Waals surface area contributed by atoms with Crippen LogP contribution in [0.5, 0.6) is 0 Å². The van der Waals surface area contributed by atoms with E-state index in [1.54, 1.807) is 0 Å². The molecule has 1 aromatic rings. The van der Waals surface area contributed by atoms with Crippen LogP contribution < -0.4 is 10.2 Å². The Balaban J connectivity index is 2.51. The smallest absolute Gasteiger partial charge is 0.128 e. The Labute approximate surface area is 117 Å². The molecule has 0 atom stereocenters. The molecule has 0 aliphatic rings. The van der Waals surface area contributed by atoms with Gasteiger partial charge in [0.05, 0.1) is 0 Å². The fourth-order valence-corrected chi connectivity index (χ4v) is 1.58. The van der Waals surface area contributed by atoms with Crippen molar-refractivity contribution in [2.75, 3.05) is 39.1 Å². The van der Waals surface area contributed by atoms with Crippen molar-refractivity contribution in [3.8, 4) is 0 Å². The molecule has 0 aliphatic heterocycles. The van der Waals surface area contributed by atoms with Gasteiger partial charge in [-0.1, -0.05) is 6.07 Å². The van der Waals surface area contributed by atoms with E-state index < -0.39 is 0 Å². The van der Waals surface area contributed by atoms with E-state index >= 15 is 0 Å². The lowest BCUT2D eigenvalue weighted by Gasteiger charge is -2.22. The van der Waals surface area contributed by atoms with Crippen molar-refractivity contribution in [3.05, 3.63) is 23.9 Å². The van der Waals surface area contributed by atoms with Crippen LogP contribution in [0.3, 0.4) is 0 Å². The SMILES string of the molecule is CN(C)CCN(C)c1ccc(CNC(C)(C)C)cn1. The van der Waals surface area contributed by atoms with Crippen LogP contribution in [0.4, 0.5) is 5.82 Å². The van der Waals surface area contributed by atoms with Crippen molar-refractivity contribution >= 4 is 5.82 Å². The summed E-state index contributed by atoms with van der Waals surface area (Å²) in [6.45, 7) is 9.39. The highest BCUT2D eigenvalue weighted by atomic mass is 15.2. The number of anilines is 1. The van der Waals surface area contributed by atoms with Gasteiger partial charge in [0, 0.05) is 38.4 Å². The predicted molar refractivity (Wildman–Crippen MR) is 82.7 cm³/mol. The lowest BCUT2D eigenvalue weighted by Crippen LogP contribution is -2.35. The van der Waals surface area contributed by atoms with Gasteiger partial charge in [0.25, 0.3) is 0 Å². The Kier molecular flexibility index (Phi) is 5.76. The van der Waals surface area contributed by atoms with E-state index in [0.29, 0.717) is 0 Å². The maximum absolute atomic E-state index is 4.52. The van der Waals surface area contributed by atoms with Gasteiger partial charge < -0.3 is 15.1 Å². The molecule has 0 amide bonds. The second-order valence-electron chi connectivity index (χ2n) is 6.35. The number of nitrogens with one attached hydrogen (secondary N) is 1. The zero-order valence-electron chi connectivity index (χ0n) is 13.2. The molecule has 4 heteroatoms. The lowest BCUT2D eigenvalue weighted by molar-refractivity contribution is 0.416. The number of hydrogen-bond donors (Lipinski definition) is 1. The Morgan fingerprint density at radius 1 is 1.11 bits per heavy atom. The fourth-order valence-electron chi connectivity index (χ4n) is 1.58. The summed E-state index contributed by atoms with van der Waals surface area (Å²) < 4.78 is 0. The third kappa shape index (κ3) is 6.55. The van der Waals surface area contributed by atoms with Crippen molar-refractivity contribution in [1.82, 2.24) is 15.2 Å². The molecule has 0 unspecified atom stereocenters. The first-order valence-corrected chi connectivity index (χ1v) is 6.84. The zero-order valence-corrected chi connectivity index (χ0v) is 13.2. The number of rotatable bonds is 6. The zero-order chi connectivity index (χ0) is 14.5. The number of nitrogens with zero attached hydrogens (tertiary/aromatic N) is 3. The van der Waals surface area contributed by atoms with Crippen LogP contribution in [0.15, 0.2) is 18.3 Å². The van der Waals surface area contributed by atoms with Crippen molar-refractivity contribution in [2.45, 2.75) is 32.9 Å². The number of aromatic nitrogens is 1. The highest BCUT2D eigenvalue weighted by Gasteiger charge is 2.09. The Morgan fingerprint density at radius 3 is 2.26 bits per heavy atom. The summed E-state index contributed by atoms with van der Waals surface area (Å²) in [4.78, 5) is 8.88.